The van der Waals surface area contributed by atoms with Gasteiger partial charge in [-0.2, -0.15) is 0 Å². The molecule has 1 atom stereocenters. The molecule has 0 radical (unpaired) electrons. The number of nitrogens with one attached hydrogen (secondary N) is 2. The highest BCUT2D eigenvalue weighted by Gasteiger charge is 2.28. The second-order valence-corrected chi connectivity index (χ2v) is 4.51. The lowest BCUT2D eigenvalue weighted by molar-refractivity contribution is -0.124. The minimum absolute atomic E-state index is 0.331. The molecule has 2 N–H and O–H groups in total. The summed E-state index contributed by atoms with van der Waals surface area (Å²) in [5.74, 6) is -1.49. The number of para-hydroxylation sites is 1. The van der Waals surface area contributed by atoms with E-state index in [2.05, 4.69) is 21.0 Å². The van der Waals surface area contributed by atoms with Crippen LogP contribution >= 0.6 is 0 Å². The Hall–Kier alpha value is -2.51. The number of amides is 1. The van der Waals surface area contributed by atoms with Crippen molar-refractivity contribution in [1.82, 2.24) is 20.2 Å². The molecule has 1 aliphatic heterocycles. The topological polar surface area (TPSA) is 71.8 Å². The standard InChI is InChI=1S/C12H11F2N5O/c13-8-2-1-3-9(14)11(8)17-18-12(20)7-4-10-16-15-6-19(10)5-7/h1-3,6-7,17H,4-5H2,(H,18,20). The smallest absolute Gasteiger partial charge is 0.243 e. The van der Waals surface area contributed by atoms with Crippen LogP contribution in [0.4, 0.5) is 14.5 Å². The lowest BCUT2D eigenvalue weighted by Crippen LogP contribution is -2.36. The maximum Gasteiger partial charge on any atom is 0.243 e. The van der Waals surface area contributed by atoms with Crippen molar-refractivity contribution in [2.45, 2.75) is 13.0 Å². The van der Waals surface area contributed by atoms with Gasteiger partial charge in [-0.15, -0.1) is 10.2 Å². The lowest BCUT2D eigenvalue weighted by atomic mass is 10.1. The number of carbonyl (C=O) groups is 1. The van der Waals surface area contributed by atoms with E-state index in [-0.39, 0.29) is 17.5 Å². The van der Waals surface area contributed by atoms with Crippen molar-refractivity contribution in [3.05, 3.63) is 42.0 Å². The van der Waals surface area contributed by atoms with E-state index in [0.717, 1.165) is 18.0 Å². The van der Waals surface area contributed by atoms with Crippen LogP contribution in [0.2, 0.25) is 0 Å². The fraction of sp³-hybridized carbons (Fsp3) is 0.250. The first-order chi connectivity index (χ1) is 9.65. The molecule has 8 heteroatoms. The van der Waals surface area contributed by atoms with Crippen LogP contribution in [0.3, 0.4) is 0 Å². The van der Waals surface area contributed by atoms with E-state index in [1.807, 2.05) is 0 Å². The van der Waals surface area contributed by atoms with Crippen molar-refractivity contribution in [2.24, 2.45) is 5.92 Å². The lowest BCUT2D eigenvalue weighted by Gasteiger charge is -2.13. The van der Waals surface area contributed by atoms with Crippen molar-refractivity contribution >= 4 is 11.6 Å². The predicted molar refractivity (Wildman–Crippen MR) is 65.3 cm³/mol. The summed E-state index contributed by atoms with van der Waals surface area (Å²) in [6.45, 7) is 0.454. The summed E-state index contributed by atoms with van der Waals surface area (Å²) in [4.78, 5) is 11.9. The molecule has 2 heterocycles. The molecule has 0 aliphatic carbocycles. The third kappa shape index (κ3) is 2.20. The van der Waals surface area contributed by atoms with Crippen molar-refractivity contribution < 1.29 is 13.6 Å². The van der Waals surface area contributed by atoms with Crippen LogP contribution in [-0.2, 0) is 17.8 Å². The molecule has 1 unspecified atom stereocenters. The van der Waals surface area contributed by atoms with Gasteiger partial charge in [-0.25, -0.2) is 8.78 Å². The summed E-state index contributed by atoms with van der Waals surface area (Å²) in [5.41, 5.74) is 4.22. The van der Waals surface area contributed by atoms with Gasteiger partial charge in [0.25, 0.3) is 0 Å². The van der Waals surface area contributed by atoms with Gasteiger partial charge >= 0.3 is 0 Å². The highest BCUT2D eigenvalue weighted by molar-refractivity contribution is 5.80. The van der Waals surface area contributed by atoms with Gasteiger partial charge in [0, 0.05) is 13.0 Å². The van der Waals surface area contributed by atoms with Gasteiger partial charge in [-0.05, 0) is 12.1 Å². The van der Waals surface area contributed by atoms with E-state index < -0.39 is 11.6 Å². The molecular weight excluding hydrogens is 268 g/mol. The molecule has 1 aromatic carbocycles. The molecule has 1 aromatic heterocycles. The number of halogens is 2. The molecule has 0 bridgehead atoms. The van der Waals surface area contributed by atoms with Gasteiger partial charge in [-0.1, -0.05) is 6.07 Å². The van der Waals surface area contributed by atoms with Crippen LogP contribution in [0.1, 0.15) is 5.82 Å². The molecule has 104 valence electrons. The molecule has 3 rings (SSSR count). The third-order valence-corrected chi connectivity index (χ3v) is 3.19. The van der Waals surface area contributed by atoms with Crippen LogP contribution in [-0.4, -0.2) is 20.7 Å². The first kappa shape index (κ1) is 12.5. The average Bonchev–Trinajstić information content (AvgIpc) is 2.98. The second kappa shape index (κ2) is 4.87. The summed E-state index contributed by atoms with van der Waals surface area (Å²) < 4.78 is 28.5. The van der Waals surface area contributed by atoms with E-state index in [1.165, 1.54) is 6.07 Å². The Morgan fingerprint density at radius 3 is 2.80 bits per heavy atom. The van der Waals surface area contributed by atoms with Crippen molar-refractivity contribution in [1.29, 1.82) is 0 Å². The number of aromatic nitrogens is 3. The summed E-state index contributed by atoms with van der Waals surface area (Å²) in [5, 5.41) is 7.59. The zero-order valence-corrected chi connectivity index (χ0v) is 10.3. The fourth-order valence-corrected chi connectivity index (χ4v) is 2.13. The number of anilines is 1. The summed E-state index contributed by atoms with van der Waals surface area (Å²) >= 11 is 0. The highest BCUT2D eigenvalue weighted by atomic mass is 19.1. The van der Waals surface area contributed by atoms with E-state index >= 15 is 0 Å². The summed E-state index contributed by atoms with van der Waals surface area (Å²) in [6.07, 6.45) is 2.00. The number of hydrazine groups is 1. The normalized spacial score (nSPS) is 16.8. The van der Waals surface area contributed by atoms with Crippen LogP contribution < -0.4 is 10.9 Å². The minimum Gasteiger partial charge on any atom is -0.317 e. The zero-order valence-electron chi connectivity index (χ0n) is 10.3. The molecule has 6 nitrogen and oxygen atoms in total. The van der Waals surface area contributed by atoms with Crippen molar-refractivity contribution in [2.75, 3.05) is 5.43 Å². The van der Waals surface area contributed by atoms with Crippen molar-refractivity contribution in [3.63, 3.8) is 0 Å². The van der Waals surface area contributed by atoms with Gasteiger partial charge in [-0.3, -0.25) is 15.6 Å². The number of hydrogen-bond acceptors (Lipinski definition) is 4. The fourth-order valence-electron chi connectivity index (χ4n) is 2.13. The van der Waals surface area contributed by atoms with Gasteiger partial charge in [0.05, 0.1) is 5.92 Å². The maximum atomic E-state index is 13.4. The third-order valence-electron chi connectivity index (χ3n) is 3.19. The number of carbonyl (C=O) groups excluding carboxylic acids is 1. The molecule has 1 amide bonds. The van der Waals surface area contributed by atoms with E-state index in [0.29, 0.717) is 13.0 Å². The zero-order chi connectivity index (χ0) is 14.1. The molecule has 0 saturated carbocycles. The summed E-state index contributed by atoms with van der Waals surface area (Å²) in [6, 6.07) is 3.46. The average molecular weight is 279 g/mol. The molecule has 2 aromatic rings. The second-order valence-electron chi connectivity index (χ2n) is 4.51. The number of nitrogens with zero attached hydrogens (tertiary/aromatic N) is 3. The first-order valence-corrected chi connectivity index (χ1v) is 6.01. The monoisotopic (exact) mass is 279 g/mol. The van der Waals surface area contributed by atoms with E-state index in [1.54, 1.807) is 10.9 Å². The highest BCUT2D eigenvalue weighted by Crippen LogP contribution is 2.19. The number of rotatable bonds is 3. The van der Waals surface area contributed by atoms with Gasteiger partial charge in [0.1, 0.15) is 17.8 Å². The van der Waals surface area contributed by atoms with Gasteiger partial charge in [0.15, 0.2) is 11.6 Å². The molecule has 0 spiro atoms. The Morgan fingerprint density at radius 2 is 2.10 bits per heavy atom. The van der Waals surface area contributed by atoms with Gasteiger partial charge < -0.3 is 4.57 Å². The van der Waals surface area contributed by atoms with Crippen LogP contribution in [0.5, 0.6) is 0 Å². The Morgan fingerprint density at radius 1 is 1.35 bits per heavy atom. The molecule has 1 aliphatic rings. The number of benzene rings is 1. The molecule has 0 fully saturated rings. The number of fused-ring (bicyclic) bond motifs is 1. The summed E-state index contributed by atoms with van der Waals surface area (Å²) in [7, 11) is 0. The SMILES string of the molecule is O=C(NNc1c(F)cccc1F)C1Cc2nncn2C1. The molecular formula is C12H11F2N5O. The van der Waals surface area contributed by atoms with Crippen LogP contribution in [0, 0.1) is 17.6 Å². The van der Waals surface area contributed by atoms with E-state index in [9.17, 15) is 13.6 Å². The Balaban J connectivity index is 1.62. The maximum absolute atomic E-state index is 13.4. The molecule has 0 saturated heterocycles. The minimum atomic E-state index is -0.770. The van der Waals surface area contributed by atoms with Crippen LogP contribution in [0.25, 0.3) is 0 Å². The van der Waals surface area contributed by atoms with Crippen molar-refractivity contribution in [3.8, 4) is 0 Å². The van der Waals surface area contributed by atoms with Gasteiger partial charge in [0.2, 0.25) is 5.91 Å². The largest absolute Gasteiger partial charge is 0.317 e. The quantitative estimate of drug-likeness (QED) is 0.818. The van der Waals surface area contributed by atoms with E-state index in [4.69, 9.17) is 0 Å². The van der Waals surface area contributed by atoms with Crippen LogP contribution in [0.15, 0.2) is 24.5 Å². The Bertz CT molecular complexity index is 616. The Kier molecular flexibility index (Phi) is 3.05. The number of hydrogen-bond donors (Lipinski definition) is 2. The Labute approximate surface area is 112 Å². The predicted octanol–water partition coefficient (Wildman–Crippen LogP) is 0.872. The first-order valence-electron chi connectivity index (χ1n) is 6.01. The molecule has 20 heavy (non-hydrogen) atoms.